The molecule has 0 aliphatic heterocycles. The number of aromatic nitrogens is 2. The van der Waals surface area contributed by atoms with E-state index in [0.717, 1.165) is 11.3 Å². The first-order valence-corrected chi connectivity index (χ1v) is 5.65. The van der Waals surface area contributed by atoms with Crippen molar-refractivity contribution in [2.75, 3.05) is 0 Å². The fourth-order valence-electron chi connectivity index (χ4n) is 1.68. The second-order valence-electron chi connectivity index (χ2n) is 3.88. The number of hydrogen-bond donors (Lipinski definition) is 1. The number of halogens is 2. The molecule has 1 heterocycles. The van der Waals surface area contributed by atoms with Crippen LogP contribution in [0.5, 0.6) is 0 Å². The van der Waals surface area contributed by atoms with Gasteiger partial charge in [0.15, 0.2) is 0 Å². The van der Waals surface area contributed by atoms with Crippen LogP contribution < -0.4 is 5.73 Å². The van der Waals surface area contributed by atoms with Crippen LogP contribution in [0.1, 0.15) is 16.8 Å². The lowest BCUT2D eigenvalue weighted by Crippen LogP contribution is -2.01. The highest BCUT2D eigenvalue weighted by atomic mass is 35.5. The van der Waals surface area contributed by atoms with Crippen LogP contribution in [0, 0.1) is 12.7 Å². The number of nitrogens with zero attached hydrogens (tertiary/aromatic N) is 2. The lowest BCUT2D eigenvalue weighted by Gasteiger charge is -2.04. The second kappa shape index (κ2) is 4.85. The number of hydrogen-bond acceptors (Lipinski definition) is 2. The topological polar surface area (TPSA) is 43.8 Å². The summed E-state index contributed by atoms with van der Waals surface area (Å²) in [5.41, 5.74) is 8.15. The predicted octanol–water partition coefficient (Wildman–Crippen LogP) is 2.49. The van der Waals surface area contributed by atoms with Crippen LogP contribution in [-0.4, -0.2) is 9.78 Å². The average molecular weight is 254 g/mol. The number of aryl methyl sites for hydroxylation is 1. The number of benzene rings is 1. The largest absolute Gasteiger partial charge is 0.326 e. The molecular formula is C12H13ClFN3. The summed E-state index contributed by atoms with van der Waals surface area (Å²) in [6, 6.07) is 4.30. The summed E-state index contributed by atoms with van der Waals surface area (Å²) in [5, 5.41) is 4.84. The first-order chi connectivity index (χ1) is 8.10. The van der Waals surface area contributed by atoms with E-state index in [1.165, 1.54) is 12.1 Å². The molecule has 0 spiro atoms. The van der Waals surface area contributed by atoms with E-state index in [2.05, 4.69) is 5.10 Å². The van der Waals surface area contributed by atoms with E-state index in [1.54, 1.807) is 10.7 Å². The highest BCUT2D eigenvalue weighted by Gasteiger charge is 2.06. The standard InChI is InChI=1S/C12H13ClFN3/c1-8-10(5-15)7-17(16-8)6-9-4-11(14)2-3-12(9)13/h2-4,7H,5-6,15H2,1H3. The molecule has 1 aromatic carbocycles. The minimum atomic E-state index is -0.299. The molecule has 0 saturated heterocycles. The van der Waals surface area contributed by atoms with Crippen molar-refractivity contribution >= 4 is 11.6 Å². The molecule has 0 aliphatic carbocycles. The summed E-state index contributed by atoms with van der Waals surface area (Å²) in [6.45, 7) is 2.78. The van der Waals surface area contributed by atoms with E-state index >= 15 is 0 Å². The van der Waals surface area contributed by atoms with Gasteiger partial charge in [-0.15, -0.1) is 0 Å². The van der Waals surface area contributed by atoms with Crippen molar-refractivity contribution in [2.45, 2.75) is 20.0 Å². The molecule has 0 amide bonds. The Morgan fingerprint density at radius 2 is 2.18 bits per heavy atom. The average Bonchev–Trinajstić information content (AvgIpc) is 2.64. The van der Waals surface area contributed by atoms with Crippen LogP contribution in [0.25, 0.3) is 0 Å². The maximum absolute atomic E-state index is 13.1. The van der Waals surface area contributed by atoms with Crippen molar-refractivity contribution in [3.05, 3.63) is 52.1 Å². The third kappa shape index (κ3) is 2.65. The van der Waals surface area contributed by atoms with Crippen molar-refractivity contribution in [1.29, 1.82) is 0 Å². The van der Waals surface area contributed by atoms with Gasteiger partial charge < -0.3 is 5.73 Å². The van der Waals surface area contributed by atoms with Crippen LogP contribution in [0.2, 0.25) is 5.02 Å². The summed E-state index contributed by atoms with van der Waals surface area (Å²) < 4.78 is 14.8. The van der Waals surface area contributed by atoms with Gasteiger partial charge in [-0.05, 0) is 30.7 Å². The molecule has 5 heteroatoms. The predicted molar refractivity (Wildman–Crippen MR) is 65.4 cm³/mol. The van der Waals surface area contributed by atoms with Gasteiger partial charge in [-0.3, -0.25) is 4.68 Å². The third-order valence-corrected chi connectivity index (χ3v) is 2.98. The molecule has 90 valence electrons. The summed E-state index contributed by atoms with van der Waals surface area (Å²) in [5.74, 6) is -0.299. The van der Waals surface area contributed by atoms with Crippen LogP contribution in [-0.2, 0) is 13.1 Å². The van der Waals surface area contributed by atoms with Gasteiger partial charge in [0.05, 0.1) is 12.2 Å². The van der Waals surface area contributed by atoms with Gasteiger partial charge >= 0.3 is 0 Å². The van der Waals surface area contributed by atoms with Gasteiger partial charge in [0, 0.05) is 23.3 Å². The normalized spacial score (nSPS) is 10.8. The van der Waals surface area contributed by atoms with Crippen LogP contribution in [0.4, 0.5) is 4.39 Å². The van der Waals surface area contributed by atoms with Crippen molar-refractivity contribution in [2.24, 2.45) is 5.73 Å². The highest BCUT2D eigenvalue weighted by Crippen LogP contribution is 2.18. The van der Waals surface area contributed by atoms with Crippen molar-refractivity contribution in [3.63, 3.8) is 0 Å². The first kappa shape index (κ1) is 12.1. The third-order valence-electron chi connectivity index (χ3n) is 2.61. The van der Waals surface area contributed by atoms with Crippen molar-refractivity contribution < 1.29 is 4.39 Å². The Bertz CT molecular complexity index is 537. The fraction of sp³-hybridized carbons (Fsp3) is 0.250. The molecule has 0 fully saturated rings. The summed E-state index contributed by atoms with van der Waals surface area (Å²) >= 11 is 5.99. The van der Waals surface area contributed by atoms with Gasteiger partial charge in [-0.2, -0.15) is 5.10 Å². The van der Waals surface area contributed by atoms with Crippen molar-refractivity contribution in [3.8, 4) is 0 Å². The molecule has 1 aromatic heterocycles. The van der Waals surface area contributed by atoms with E-state index in [0.29, 0.717) is 23.7 Å². The zero-order valence-corrected chi connectivity index (χ0v) is 10.2. The minimum absolute atomic E-state index is 0.299. The Morgan fingerprint density at radius 1 is 1.41 bits per heavy atom. The molecule has 0 bridgehead atoms. The number of nitrogens with two attached hydrogens (primary N) is 1. The lowest BCUT2D eigenvalue weighted by atomic mass is 10.2. The van der Waals surface area contributed by atoms with Crippen LogP contribution in [0.3, 0.4) is 0 Å². The summed E-state index contributed by atoms with van der Waals surface area (Å²) in [7, 11) is 0. The SMILES string of the molecule is Cc1nn(Cc2cc(F)ccc2Cl)cc1CN. The van der Waals surface area contributed by atoms with E-state index < -0.39 is 0 Å². The van der Waals surface area contributed by atoms with Gasteiger partial charge in [-0.1, -0.05) is 11.6 Å². The van der Waals surface area contributed by atoms with E-state index in [1.807, 2.05) is 13.1 Å². The molecule has 0 saturated carbocycles. The maximum atomic E-state index is 13.1. The molecule has 0 atom stereocenters. The Hall–Kier alpha value is -1.39. The molecular weight excluding hydrogens is 241 g/mol. The van der Waals surface area contributed by atoms with Crippen LogP contribution >= 0.6 is 11.6 Å². The summed E-state index contributed by atoms with van der Waals surface area (Å²) in [6.07, 6.45) is 1.86. The van der Waals surface area contributed by atoms with Crippen molar-refractivity contribution in [1.82, 2.24) is 9.78 Å². The first-order valence-electron chi connectivity index (χ1n) is 5.27. The molecule has 17 heavy (non-hydrogen) atoms. The summed E-state index contributed by atoms with van der Waals surface area (Å²) in [4.78, 5) is 0. The Morgan fingerprint density at radius 3 is 2.82 bits per heavy atom. The molecule has 0 unspecified atom stereocenters. The zero-order valence-electron chi connectivity index (χ0n) is 9.45. The molecule has 2 N–H and O–H groups in total. The quantitative estimate of drug-likeness (QED) is 0.913. The van der Waals surface area contributed by atoms with E-state index in [-0.39, 0.29) is 5.82 Å². The Kier molecular flexibility index (Phi) is 3.45. The van der Waals surface area contributed by atoms with Gasteiger partial charge in [-0.25, -0.2) is 4.39 Å². The Labute approximate surface area is 104 Å². The minimum Gasteiger partial charge on any atom is -0.326 e. The lowest BCUT2D eigenvalue weighted by molar-refractivity contribution is 0.618. The fourth-order valence-corrected chi connectivity index (χ4v) is 1.86. The zero-order chi connectivity index (χ0) is 12.4. The highest BCUT2D eigenvalue weighted by molar-refractivity contribution is 6.31. The van der Waals surface area contributed by atoms with Crippen LogP contribution in [0.15, 0.2) is 24.4 Å². The molecule has 0 aliphatic rings. The van der Waals surface area contributed by atoms with E-state index in [4.69, 9.17) is 17.3 Å². The maximum Gasteiger partial charge on any atom is 0.123 e. The monoisotopic (exact) mass is 253 g/mol. The molecule has 2 aromatic rings. The second-order valence-corrected chi connectivity index (χ2v) is 4.28. The van der Waals surface area contributed by atoms with Gasteiger partial charge in [0.2, 0.25) is 0 Å². The molecule has 3 nitrogen and oxygen atoms in total. The van der Waals surface area contributed by atoms with Gasteiger partial charge in [0.25, 0.3) is 0 Å². The number of rotatable bonds is 3. The molecule has 0 radical (unpaired) electrons. The molecule has 2 rings (SSSR count). The van der Waals surface area contributed by atoms with Gasteiger partial charge in [0.1, 0.15) is 5.82 Å². The Balaban J connectivity index is 2.27. The van der Waals surface area contributed by atoms with E-state index in [9.17, 15) is 4.39 Å². The smallest absolute Gasteiger partial charge is 0.123 e.